The van der Waals surface area contributed by atoms with Crippen LogP contribution in [0, 0.1) is 0 Å². The van der Waals surface area contributed by atoms with Gasteiger partial charge in [0.25, 0.3) is 9.05 Å². The van der Waals surface area contributed by atoms with Gasteiger partial charge in [0, 0.05) is 23.7 Å². The fraction of sp³-hybridized carbons (Fsp3) is 0.143. The number of pyridine rings is 1. The highest BCUT2D eigenvalue weighted by Crippen LogP contribution is 2.21. The van der Waals surface area contributed by atoms with E-state index in [1.165, 1.54) is 13.0 Å². The number of carbonyl (C=O) groups excluding carboxylic acids is 1. The Morgan fingerprint density at radius 3 is 2.48 bits per heavy atom. The van der Waals surface area contributed by atoms with Gasteiger partial charge in [0.15, 0.2) is 5.78 Å². The molecule has 0 aliphatic rings. The van der Waals surface area contributed by atoms with Crippen LogP contribution in [0.15, 0.2) is 47.4 Å². The lowest BCUT2D eigenvalue weighted by molar-refractivity contribution is 0.101. The number of halogens is 1. The molecule has 2 aromatic rings. The standard InChI is InChI=1S/C14H12ClNO4S/c1-10(17)13-7-12(21(15,18)19)8-14(16-13)20-9-11-5-3-2-4-6-11/h2-8H,9H2,1H3. The molecule has 1 aromatic carbocycles. The Labute approximate surface area is 127 Å². The summed E-state index contributed by atoms with van der Waals surface area (Å²) in [7, 11) is 1.34. The zero-order valence-corrected chi connectivity index (χ0v) is 12.7. The van der Waals surface area contributed by atoms with Crippen molar-refractivity contribution < 1.29 is 17.9 Å². The minimum atomic E-state index is -3.96. The van der Waals surface area contributed by atoms with E-state index in [9.17, 15) is 13.2 Å². The SMILES string of the molecule is CC(=O)c1cc(S(=O)(=O)Cl)cc(OCc2ccccc2)n1. The average Bonchev–Trinajstić information content (AvgIpc) is 2.45. The second-order valence-electron chi connectivity index (χ2n) is 4.29. The zero-order chi connectivity index (χ0) is 15.5. The minimum absolute atomic E-state index is 0.0141. The summed E-state index contributed by atoms with van der Waals surface area (Å²) in [5, 5.41) is 0. The van der Waals surface area contributed by atoms with Crippen molar-refractivity contribution in [3.63, 3.8) is 0 Å². The lowest BCUT2D eigenvalue weighted by atomic mass is 10.2. The molecule has 0 saturated carbocycles. The molecule has 0 amide bonds. The molecule has 7 heteroatoms. The number of ketones is 1. The van der Waals surface area contributed by atoms with Crippen LogP contribution in [0.3, 0.4) is 0 Å². The summed E-state index contributed by atoms with van der Waals surface area (Å²) >= 11 is 0. The van der Waals surface area contributed by atoms with Crippen molar-refractivity contribution in [2.24, 2.45) is 0 Å². The number of benzene rings is 1. The molecule has 0 atom stereocenters. The topological polar surface area (TPSA) is 73.3 Å². The van der Waals surface area contributed by atoms with Crippen molar-refractivity contribution in [2.45, 2.75) is 18.4 Å². The number of nitrogens with zero attached hydrogens (tertiary/aromatic N) is 1. The average molecular weight is 326 g/mol. The Balaban J connectivity index is 2.30. The lowest BCUT2D eigenvalue weighted by Crippen LogP contribution is -2.04. The molecule has 2 rings (SSSR count). The largest absolute Gasteiger partial charge is 0.473 e. The molecule has 0 fully saturated rings. The van der Waals surface area contributed by atoms with Crippen LogP contribution in [-0.4, -0.2) is 19.2 Å². The molecule has 21 heavy (non-hydrogen) atoms. The number of Topliss-reactive ketones (excluding diaryl/α,β-unsaturated/α-hetero) is 1. The third-order valence-corrected chi connectivity index (χ3v) is 3.98. The maximum absolute atomic E-state index is 11.4. The first-order valence-electron chi connectivity index (χ1n) is 6.00. The van der Waals surface area contributed by atoms with Gasteiger partial charge in [-0.1, -0.05) is 30.3 Å². The highest BCUT2D eigenvalue weighted by molar-refractivity contribution is 8.13. The molecule has 0 N–H and O–H groups in total. The van der Waals surface area contributed by atoms with Gasteiger partial charge in [-0.15, -0.1) is 0 Å². The van der Waals surface area contributed by atoms with E-state index in [-0.39, 0.29) is 28.9 Å². The van der Waals surface area contributed by atoms with Crippen molar-refractivity contribution in [2.75, 3.05) is 0 Å². The first-order chi connectivity index (χ1) is 9.86. The van der Waals surface area contributed by atoms with E-state index in [1.807, 2.05) is 30.3 Å². The van der Waals surface area contributed by atoms with Crippen molar-refractivity contribution in [1.82, 2.24) is 4.98 Å². The number of hydrogen-bond acceptors (Lipinski definition) is 5. The molecule has 0 aliphatic heterocycles. The van der Waals surface area contributed by atoms with E-state index in [2.05, 4.69) is 4.98 Å². The van der Waals surface area contributed by atoms with Crippen LogP contribution in [0.4, 0.5) is 0 Å². The zero-order valence-electron chi connectivity index (χ0n) is 11.1. The van der Waals surface area contributed by atoms with Gasteiger partial charge in [-0.05, 0) is 11.6 Å². The molecule has 0 bridgehead atoms. The quantitative estimate of drug-likeness (QED) is 0.624. The molecule has 0 spiro atoms. The second-order valence-corrected chi connectivity index (χ2v) is 6.86. The van der Waals surface area contributed by atoms with Crippen LogP contribution in [0.2, 0.25) is 0 Å². The van der Waals surface area contributed by atoms with Gasteiger partial charge in [0.05, 0.1) is 4.90 Å². The van der Waals surface area contributed by atoms with Gasteiger partial charge in [-0.3, -0.25) is 4.79 Å². The van der Waals surface area contributed by atoms with Crippen molar-refractivity contribution in [3.05, 3.63) is 53.7 Å². The highest BCUT2D eigenvalue weighted by Gasteiger charge is 2.16. The number of ether oxygens (including phenoxy) is 1. The third-order valence-electron chi connectivity index (χ3n) is 2.65. The molecule has 5 nitrogen and oxygen atoms in total. The predicted molar refractivity (Wildman–Crippen MR) is 78.1 cm³/mol. The van der Waals surface area contributed by atoms with E-state index in [0.717, 1.165) is 11.6 Å². The summed E-state index contributed by atoms with van der Waals surface area (Å²) in [6, 6.07) is 11.6. The van der Waals surface area contributed by atoms with Crippen LogP contribution in [0.5, 0.6) is 5.88 Å². The molecule has 1 heterocycles. The highest BCUT2D eigenvalue weighted by atomic mass is 35.7. The van der Waals surface area contributed by atoms with Crippen molar-refractivity contribution >= 4 is 25.5 Å². The molecule has 0 unspecified atom stereocenters. The molecule has 0 aliphatic carbocycles. The lowest BCUT2D eigenvalue weighted by Gasteiger charge is -2.08. The summed E-state index contributed by atoms with van der Waals surface area (Å²) in [5.74, 6) is -0.340. The summed E-state index contributed by atoms with van der Waals surface area (Å²) in [6.07, 6.45) is 0. The normalized spacial score (nSPS) is 11.1. The van der Waals surface area contributed by atoms with Gasteiger partial charge in [0.1, 0.15) is 12.3 Å². The smallest absolute Gasteiger partial charge is 0.261 e. The minimum Gasteiger partial charge on any atom is -0.473 e. The van der Waals surface area contributed by atoms with Gasteiger partial charge in [0.2, 0.25) is 5.88 Å². The van der Waals surface area contributed by atoms with E-state index in [1.54, 1.807) is 0 Å². The Bertz CT molecular complexity index is 760. The Kier molecular flexibility index (Phi) is 4.59. The van der Waals surface area contributed by atoms with E-state index >= 15 is 0 Å². The fourth-order valence-electron chi connectivity index (χ4n) is 1.61. The van der Waals surface area contributed by atoms with Crippen molar-refractivity contribution in [3.8, 4) is 5.88 Å². The van der Waals surface area contributed by atoms with Crippen LogP contribution in [-0.2, 0) is 15.7 Å². The van der Waals surface area contributed by atoms with Gasteiger partial charge in [-0.25, -0.2) is 13.4 Å². The monoisotopic (exact) mass is 325 g/mol. The number of aromatic nitrogens is 1. The molecule has 0 radical (unpaired) electrons. The molecular formula is C14H12ClNO4S. The van der Waals surface area contributed by atoms with E-state index in [4.69, 9.17) is 15.4 Å². The van der Waals surface area contributed by atoms with Gasteiger partial charge >= 0.3 is 0 Å². The number of hydrogen-bond donors (Lipinski definition) is 0. The molecule has 0 saturated heterocycles. The first kappa shape index (κ1) is 15.5. The molecule has 110 valence electrons. The molecular weight excluding hydrogens is 314 g/mol. The van der Waals surface area contributed by atoms with Crippen molar-refractivity contribution in [1.29, 1.82) is 0 Å². The van der Waals surface area contributed by atoms with Gasteiger partial charge in [-0.2, -0.15) is 0 Å². The summed E-state index contributed by atoms with van der Waals surface area (Å²) in [5.41, 5.74) is 0.877. The predicted octanol–water partition coefficient (Wildman–Crippen LogP) is 2.79. The second kappa shape index (κ2) is 6.24. The van der Waals surface area contributed by atoms with Crippen LogP contribution >= 0.6 is 10.7 Å². The third kappa shape index (κ3) is 4.27. The Morgan fingerprint density at radius 1 is 1.24 bits per heavy atom. The van der Waals surface area contributed by atoms with Crippen LogP contribution in [0.25, 0.3) is 0 Å². The Hall–Kier alpha value is -1.92. The maximum Gasteiger partial charge on any atom is 0.261 e. The Morgan fingerprint density at radius 2 is 1.90 bits per heavy atom. The summed E-state index contributed by atoms with van der Waals surface area (Å²) in [4.78, 5) is 15.1. The maximum atomic E-state index is 11.4. The summed E-state index contributed by atoms with van der Waals surface area (Å²) in [6.45, 7) is 1.49. The first-order valence-corrected chi connectivity index (χ1v) is 8.31. The number of carbonyl (C=O) groups is 1. The number of rotatable bonds is 5. The van der Waals surface area contributed by atoms with E-state index < -0.39 is 9.05 Å². The fourth-order valence-corrected chi connectivity index (χ4v) is 2.37. The van der Waals surface area contributed by atoms with Crippen LogP contribution in [0.1, 0.15) is 23.0 Å². The summed E-state index contributed by atoms with van der Waals surface area (Å²) < 4.78 is 28.2. The van der Waals surface area contributed by atoms with Gasteiger partial charge < -0.3 is 4.74 Å². The van der Waals surface area contributed by atoms with E-state index in [0.29, 0.717) is 0 Å². The molecule has 1 aromatic heterocycles. The van der Waals surface area contributed by atoms with Crippen LogP contribution < -0.4 is 4.74 Å².